The average molecular weight is 278 g/mol. The minimum absolute atomic E-state index is 0.174. The Bertz CT molecular complexity index is 482. The van der Waals surface area contributed by atoms with Crippen LogP contribution in [0.5, 0.6) is 0 Å². The Morgan fingerprint density at radius 3 is 2.90 bits per heavy atom. The second kappa shape index (κ2) is 6.23. The van der Waals surface area contributed by atoms with Crippen molar-refractivity contribution in [2.24, 2.45) is 0 Å². The van der Waals surface area contributed by atoms with Gasteiger partial charge in [0.05, 0.1) is 6.33 Å². The van der Waals surface area contributed by atoms with Gasteiger partial charge in [-0.3, -0.25) is 0 Å². The van der Waals surface area contributed by atoms with Crippen LogP contribution < -0.4 is 5.32 Å². The molecule has 1 aliphatic carbocycles. The van der Waals surface area contributed by atoms with Gasteiger partial charge in [-0.2, -0.15) is 0 Å². The smallest absolute Gasteiger partial charge is 0.326 e. The van der Waals surface area contributed by atoms with Crippen LogP contribution in [0, 0.1) is 0 Å². The summed E-state index contributed by atoms with van der Waals surface area (Å²) in [6, 6.07) is -1.14. The summed E-state index contributed by atoms with van der Waals surface area (Å²) in [6.07, 6.45) is 6.75. The summed E-state index contributed by atoms with van der Waals surface area (Å²) in [7, 11) is 0. The Labute approximate surface area is 116 Å². The minimum Gasteiger partial charge on any atom is -0.480 e. The molecule has 0 saturated heterocycles. The first-order valence-corrected chi connectivity index (χ1v) is 6.50. The minimum atomic E-state index is -1.07. The second-order valence-electron chi connectivity index (χ2n) is 4.79. The fraction of sp³-hybridized carbons (Fsp3) is 0.462. The van der Waals surface area contributed by atoms with Crippen LogP contribution in [-0.2, 0) is 11.2 Å². The van der Waals surface area contributed by atoms with Crippen molar-refractivity contribution >= 4 is 12.0 Å². The molecule has 7 nitrogen and oxygen atoms in total. The highest BCUT2D eigenvalue weighted by molar-refractivity contribution is 5.83. The van der Waals surface area contributed by atoms with Gasteiger partial charge < -0.3 is 20.3 Å². The molecule has 0 aromatic carbocycles. The zero-order valence-electron chi connectivity index (χ0n) is 11.1. The van der Waals surface area contributed by atoms with Gasteiger partial charge in [0.15, 0.2) is 0 Å². The number of H-pyrrole nitrogens is 1. The lowest BCUT2D eigenvalue weighted by Crippen LogP contribution is -2.49. The van der Waals surface area contributed by atoms with Crippen LogP contribution in [0.15, 0.2) is 25.2 Å². The van der Waals surface area contributed by atoms with Crippen LogP contribution in [0.4, 0.5) is 4.79 Å². The summed E-state index contributed by atoms with van der Waals surface area (Å²) in [4.78, 5) is 31.7. The first-order chi connectivity index (χ1) is 9.61. The van der Waals surface area contributed by atoms with Crippen LogP contribution >= 0.6 is 0 Å². The number of carboxylic acids is 1. The maximum Gasteiger partial charge on any atom is 0.326 e. The average Bonchev–Trinajstić information content (AvgIpc) is 3.12. The molecule has 2 rings (SSSR count). The molecule has 7 heteroatoms. The van der Waals surface area contributed by atoms with Gasteiger partial charge in [0, 0.05) is 30.9 Å². The van der Waals surface area contributed by atoms with E-state index in [2.05, 4.69) is 21.9 Å². The van der Waals surface area contributed by atoms with E-state index in [1.165, 1.54) is 6.33 Å². The summed E-state index contributed by atoms with van der Waals surface area (Å²) in [5.74, 6) is -1.07. The molecule has 0 spiro atoms. The molecule has 20 heavy (non-hydrogen) atoms. The van der Waals surface area contributed by atoms with E-state index in [9.17, 15) is 14.7 Å². The number of nitrogens with zero attached hydrogens (tertiary/aromatic N) is 2. The number of nitrogens with one attached hydrogen (secondary N) is 2. The SMILES string of the molecule is C=CCN(C(=O)N[C@H](Cc1cnc[nH]1)C(=O)O)C1CC1. The molecule has 1 atom stereocenters. The molecule has 2 amide bonds. The van der Waals surface area contributed by atoms with Crippen molar-refractivity contribution in [1.29, 1.82) is 0 Å². The van der Waals surface area contributed by atoms with Crippen molar-refractivity contribution in [1.82, 2.24) is 20.2 Å². The quantitative estimate of drug-likeness (QED) is 0.641. The summed E-state index contributed by atoms with van der Waals surface area (Å²) < 4.78 is 0. The maximum absolute atomic E-state index is 12.1. The van der Waals surface area contributed by atoms with Gasteiger partial charge in [0.25, 0.3) is 0 Å². The molecule has 108 valence electrons. The van der Waals surface area contributed by atoms with Gasteiger partial charge in [-0.1, -0.05) is 6.08 Å². The molecule has 1 fully saturated rings. The summed E-state index contributed by atoms with van der Waals surface area (Å²) in [5, 5.41) is 11.8. The monoisotopic (exact) mass is 278 g/mol. The number of amides is 2. The van der Waals surface area contributed by atoms with Crippen LogP contribution in [0.1, 0.15) is 18.5 Å². The number of carboxylic acid groups (broad SMARTS) is 1. The molecule has 1 heterocycles. The largest absolute Gasteiger partial charge is 0.480 e. The van der Waals surface area contributed by atoms with E-state index in [0.717, 1.165) is 12.8 Å². The molecule has 1 aliphatic rings. The van der Waals surface area contributed by atoms with Crippen molar-refractivity contribution in [2.75, 3.05) is 6.54 Å². The summed E-state index contributed by atoms with van der Waals surface area (Å²) in [6.45, 7) is 4.04. The van der Waals surface area contributed by atoms with Gasteiger partial charge in [0.2, 0.25) is 0 Å². The number of hydrogen-bond donors (Lipinski definition) is 3. The first kappa shape index (κ1) is 14.1. The fourth-order valence-corrected chi connectivity index (χ4v) is 1.97. The predicted molar refractivity (Wildman–Crippen MR) is 72.2 cm³/mol. The van der Waals surface area contributed by atoms with E-state index in [1.54, 1.807) is 17.2 Å². The topological polar surface area (TPSA) is 98.3 Å². The zero-order valence-corrected chi connectivity index (χ0v) is 11.1. The highest BCUT2D eigenvalue weighted by atomic mass is 16.4. The van der Waals surface area contributed by atoms with E-state index in [1.807, 2.05) is 0 Å². The molecule has 0 aliphatic heterocycles. The highest BCUT2D eigenvalue weighted by Gasteiger charge is 2.33. The van der Waals surface area contributed by atoms with E-state index < -0.39 is 12.0 Å². The van der Waals surface area contributed by atoms with Gasteiger partial charge in [-0.25, -0.2) is 14.6 Å². The number of aromatic nitrogens is 2. The van der Waals surface area contributed by atoms with Gasteiger partial charge in [-0.15, -0.1) is 6.58 Å². The van der Waals surface area contributed by atoms with Gasteiger partial charge >= 0.3 is 12.0 Å². The molecular weight excluding hydrogens is 260 g/mol. The van der Waals surface area contributed by atoms with Crippen molar-refractivity contribution in [2.45, 2.75) is 31.3 Å². The third kappa shape index (κ3) is 3.59. The third-order valence-electron chi connectivity index (χ3n) is 3.15. The molecule has 0 bridgehead atoms. The van der Waals surface area contributed by atoms with Crippen molar-refractivity contribution in [3.63, 3.8) is 0 Å². The lowest BCUT2D eigenvalue weighted by molar-refractivity contribution is -0.139. The molecule has 3 N–H and O–H groups in total. The summed E-state index contributed by atoms with van der Waals surface area (Å²) in [5.41, 5.74) is 0.666. The third-order valence-corrected chi connectivity index (χ3v) is 3.15. The number of urea groups is 1. The van der Waals surface area contributed by atoms with E-state index >= 15 is 0 Å². The normalized spacial score (nSPS) is 15.4. The van der Waals surface area contributed by atoms with E-state index in [0.29, 0.717) is 12.2 Å². The Morgan fingerprint density at radius 2 is 2.40 bits per heavy atom. The molecule has 1 aromatic rings. The van der Waals surface area contributed by atoms with E-state index in [-0.39, 0.29) is 18.5 Å². The van der Waals surface area contributed by atoms with Crippen LogP contribution in [0.3, 0.4) is 0 Å². The Balaban J connectivity index is 1.97. The molecule has 0 radical (unpaired) electrons. The molecule has 1 aromatic heterocycles. The van der Waals surface area contributed by atoms with E-state index in [4.69, 9.17) is 0 Å². The highest BCUT2D eigenvalue weighted by Crippen LogP contribution is 2.26. The van der Waals surface area contributed by atoms with Crippen molar-refractivity contribution in [3.8, 4) is 0 Å². The predicted octanol–water partition coefficient (Wildman–Crippen LogP) is 0.765. The number of carbonyl (C=O) groups excluding carboxylic acids is 1. The zero-order chi connectivity index (χ0) is 14.5. The number of hydrogen-bond acceptors (Lipinski definition) is 3. The standard InChI is InChI=1S/C13H18N4O3/c1-2-5-17(10-3-4-10)13(20)16-11(12(18)19)6-9-7-14-8-15-9/h2,7-8,10-11H,1,3-6H2,(H,14,15)(H,16,20)(H,18,19)/t11-/m1/s1. The second-order valence-corrected chi connectivity index (χ2v) is 4.79. The van der Waals surface area contributed by atoms with Crippen LogP contribution in [0.25, 0.3) is 0 Å². The number of aromatic amines is 1. The maximum atomic E-state index is 12.1. The molecular formula is C13H18N4O3. The van der Waals surface area contributed by atoms with Gasteiger partial charge in [-0.05, 0) is 12.8 Å². The fourth-order valence-electron chi connectivity index (χ4n) is 1.97. The first-order valence-electron chi connectivity index (χ1n) is 6.50. The van der Waals surface area contributed by atoms with Crippen molar-refractivity contribution < 1.29 is 14.7 Å². The summed E-state index contributed by atoms with van der Waals surface area (Å²) >= 11 is 0. The number of rotatable bonds is 7. The van der Waals surface area contributed by atoms with Crippen LogP contribution in [-0.4, -0.2) is 50.6 Å². The lowest BCUT2D eigenvalue weighted by Gasteiger charge is -2.23. The van der Waals surface area contributed by atoms with Gasteiger partial charge in [0.1, 0.15) is 6.04 Å². The van der Waals surface area contributed by atoms with Crippen molar-refractivity contribution in [3.05, 3.63) is 30.9 Å². The number of imidazole rings is 1. The molecule has 0 unspecified atom stereocenters. The Hall–Kier alpha value is -2.31. The number of aliphatic carboxylic acids is 1. The Morgan fingerprint density at radius 1 is 1.65 bits per heavy atom. The van der Waals surface area contributed by atoms with Crippen LogP contribution in [0.2, 0.25) is 0 Å². The number of carbonyl (C=O) groups is 2. The Kier molecular flexibility index (Phi) is 4.39. The lowest BCUT2D eigenvalue weighted by atomic mass is 10.1. The molecule has 1 saturated carbocycles.